The molecule has 1 aromatic carbocycles. The highest BCUT2D eigenvalue weighted by molar-refractivity contribution is 7.98. The van der Waals surface area contributed by atoms with E-state index < -0.39 is 0 Å². The SMILES string of the molecule is Cc1nc(SCc2csc(-c3ccsc3)n2)c2ccccc2n1. The Bertz CT molecular complexity index is 945. The zero-order valence-electron chi connectivity index (χ0n) is 12.4. The second-order valence-electron chi connectivity index (χ2n) is 5.04. The lowest BCUT2D eigenvalue weighted by atomic mass is 10.2. The third-order valence-electron chi connectivity index (χ3n) is 3.36. The first kappa shape index (κ1) is 14.8. The Labute approximate surface area is 146 Å². The minimum Gasteiger partial charge on any atom is -0.240 e. The van der Waals surface area contributed by atoms with Gasteiger partial charge in [-0.05, 0) is 24.4 Å². The summed E-state index contributed by atoms with van der Waals surface area (Å²) in [6.45, 7) is 1.94. The van der Waals surface area contributed by atoms with E-state index >= 15 is 0 Å². The third kappa shape index (κ3) is 3.15. The lowest BCUT2D eigenvalue weighted by molar-refractivity contribution is 1.01. The van der Waals surface area contributed by atoms with Crippen LogP contribution < -0.4 is 0 Å². The zero-order valence-corrected chi connectivity index (χ0v) is 14.8. The molecule has 4 aromatic rings. The predicted octanol–water partition coefficient (Wildman–Crippen LogP) is 5.42. The summed E-state index contributed by atoms with van der Waals surface area (Å²) in [4.78, 5) is 13.8. The fraction of sp³-hybridized carbons (Fsp3) is 0.118. The number of aromatic nitrogens is 3. The number of hydrogen-bond acceptors (Lipinski definition) is 6. The third-order valence-corrected chi connectivity index (χ3v) is 6.00. The Hall–Kier alpha value is -1.76. The molecule has 0 amide bonds. The first-order valence-electron chi connectivity index (χ1n) is 7.13. The Morgan fingerprint density at radius 2 is 1.96 bits per heavy atom. The largest absolute Gasteiger partial charge is 0.240 e. The van der Waals surface area contributed by atoms with Gasteiger partial charge in [0.05, 0.1) is 11.2 Å². The lowest BCUT2D eigenvalue weighted by Crippen LogP contribution is -1.93. The number of thioether (sulfide) groups is 1. The zero-order chi connectivity index (χ0) is 15.6. The van der Waals surface area contributed by atoms with Crippen molar-refractivity contribution in [3.05, 3.63) is 58.0 Å². The van der Waals surface area contributed by atoms with Crippen molar-refractivity contribution in [1.29, 1.82) is 0 Å². The standard InChI is InChI=1S/C17H13N3S3/c1-11-18-15-5-3-2-4-14(15)17(19-11)23-10-13-9-22-16(20-13)12-6-7-21-8-12/h2-9H,10H2,1H3. The van der Waals surface area contributed by atoms with Gasteiger partial charge in [-0.1, -0.05) is 30.0 Å². The van der Waals surface area contributed by atoms with Crippen molar-refractivity contribution in [2.45, 2.75) is 17.7 Å². The molecule has 0 bridgehead atoms. The summed E-state index contributed by atoms with van der Waals surface area (Å²) in [5, 5.41) is 9.58. The molecule has 23 heavy (non-hydrogen) atoms. The first-order valence-corrected chi connectivity index (χ1v) is 9.93. The fourth-order valence-electron chi connectivity index (χ4n) is 2.30. The molecule has 0 atom stereocenters. The van der Waals surface area contributed by atoms with Crippen LogP contribution in [0.2, 0.25) is 0 Å². The van der Waals surface area contributed by atoms with E-state index in [2.05, 4.69) is 38.2 Å². The van der Waals surface area contributed by atoms with Crippen LogP contribution in [-0.2, 0) is 5.75 Å². The Morgan fingerprint density at radius 1 is 1.04 bits per heavy atom. The number of hydrogen-bond donors (Lipinski definition) is 0. The molecule has 0 aliphatic heterocycles. The van der Waals surface area contributed by atoms with Gasteiger partial charge in [0.2, 0.25) is 0 Å². The molecule has 0 aliphatic carbocycles. The molecule has 0 unspecified atom stereocenters. The Morgan fingerprint density at radius 3 is 2.83 bits per heavy atom. The van der Waals surface area contributed by atoms with Crippen molar-refractivity contribution in [1.82, 2.24) is 15.0 Å². The highest BCUT2D eigenvalue weighted by Gasteiger charge is 2.09. The van der Waals surface area contributed by atoms with Crippen LogP contribution in [0.1, 0.15) is 11.5 Å². The van der Waals surface area contributed by atoms with Crippen molar-refractivity contribution in [2.75, 3.05) is 0 Å². The van der Waals surface area contributed by atoms with E-state index in [4.69, 9.17) is 4.98 Å². The topological polar surface area (TPSA) is 38.7 Å². The van der Waals surface area contributed by atoms with Crippen molar-refractivity contribution in [3.63, 3.8) is 0 Å². The number of fused-ring (bicyclic) bond motifs is 1. The molecular weight excluding hydrogens is 342 g/mol. The van der Waals surface area contributed by atoms with E-state index in [1.54, 1.807) is 34.4 Å². The van der Waals surface area contributed by atoms with Gasteiger partial charge in [-0.15, -0.1) is 11.3 Å². The van der Waals surface area contributed by atoms with E-state index in [-0.39, 0.29) is 0 Å². The predicted molar refractivity (Wildman–Crippen MR) is 99.3 cm³/mol. The summed E-state index contributed by atoms with van der Waals surface area (Å²) in [6.07, 6.45) is 0. The van der Waals surface area contributed by atoms with Crippen LogP contribution >= 0.6 is 34.4 Å². The fourth-order valence-corrected chi connectivity index (χ4v) is 4.90. The number of thiophene rings is 1. The highest BCUT2D eigenvalue weighted by atomic mass is 32.2. The number of thiazole rings is 1. The van der Waals surface area contributed by atoms with Crippen molar-refractivity contribution in [3.8, 4) is 10.6 Å². The molecule has 3 heterocycles. The lowest BCUT2D eigenvalue weighted by Gasteiger charge is -2.05. The van der Waals surface area contributed by atoms with Gasteiger partial charge in [-0.3, -0.25) is 0 Å². The van der Waals surface area contributed by atoms with Gasteiger partial charge < -0.3 is 0 Å². The van der Waals surface area contributed by atoms with Gasteiger partial charge in [-0.2, -0.15) is 11.3 Å². The average molecular weight is 356 g/mol. The number of rotatable bonds is 4. The molecule has 0 saturated heterocycles. The maximum Gasteiger partial charge on any atom is 0.127 e. The van der Waals surface area contributed by atoms with Gasteiger partial charge in [-0.25, -0.2) is 15.0 Å². The van der Waals surface area contributed by atoms with E-state index in [9.17, 15) is 0 Å². The average Bonchev–Trinajstić information content (AvgIpc) is 3.23. The molecule has 114 valence electrons. The molecule has 3 nitrogen and oxygen atoms in total. The molecule has 3 aromatic heterocycles. The van der Waals surface area contributed by atoms with E-state index in [0.29, 0.717) is 0 Å². The van der Waals surface area contributed by atoms with Crippen molar-refractivity contribution in [2.24, 2.45) is 0 Å². The van der Waals surface area contributed by atoms with Crippen molar-refractivity contribution >= 4 is 45.3 Å². The molecule has 0 spiro atoms. The second-order valence-corrected chi connectivity index (χ2v) is 7.64. The van der Waals surface area contributed by atoms with Gasteiger partial charge in [0.15, 0.2) is 0 Å². The van der Waals surface area contributed by atoms with Crippen LogP contribution in [0.4, 0.5) is 0 Å². The molecular formula is C17H13N3S3. The molecule has 0 fully saturated rings. The van der Waals surface area contributed by atoms with Gasteiger partial charge >= 0.3 is 0 Å². The van der Waals surface area contributed by atoms with Crippen LogP contribution in [0.15, 0.2) is 51.5 Å². The smallest absolute Gasteiger partial charge is 0.127 e. The number of nitrogens with zero attached hydrogens (tertiary/aromatic N) is 3. The molecule has 0 radical (unpaired) electrons. The highest BCUT2D eigenvalue weighted by Crippen LogP contribution is 2.31. The normalized spacial score (nSPS) is 11.2. The van der Waals surface area contributed by atoms with E-state index in [0.717, 1.165) is 38.2 Å². The van der Waals surface area contributed by atoms with E-state index in [1.807, 2.05) is 25.1 Å². The van der Waals surface area contributed by atoms with Crippen LogP contribution in [0.3, 0.4) is 0 Å². The van der Waals surface area contributed by atoms with Crippen LogP contribution in [-0.4, -0.2) is 15.0 Å². The van der Waals surface area contributed by atoms with Gasteiger partial charge in [0, 0.05) is 27.5 Å². The van der Waals surface area contributed by atoms with E-state index in [1.165, 1.54) is 5.56 Å². The summed E-state index contributed by atoms with van der Waals surface area (Å²) in [5.74, 6) is 1.63. The maximum atomic E-state index is 4.73. The summed E-state index contributed by atoms with van der Waals surface area (Å²) in [7, 11) is 0. The van der Waals surface area contributed by atoms with Crippen LogP contribution in [0.5, 0.6) is 0 Å². The molecule has 4 rings (SSSR count). The van der Waals surface area contributed by atoms with Crippen LogP contribution in [0, 0.1) is 6.92 Å². The summed E-state index contributed by atoms with van der Waals surface area (Å²) < 4.78 is 0. The maximum absolute atomic E-state index is 4.73. The summed E-state index contributed by atoms with van der Waals surface area (Å²) in [6, 6.07) is 10.3. The second kappa shape index (κ2) is 6.39. The van der Waals surface area contributed by atoms with Gasteiger partial charge in [0.25, 0.3) is 0 Å². The van der Waals surface area contributed by atoms with Crippen LogP contribution in [0.25, 0.3) is 21.5 Å². The molecule has 0 N–H and O–H groups in total. The quantitative estimate of drug-likeness (QED) is 0.362. The molecule has 0 saturated carbocycles. The number of para-hydroxylation sites is 1. The van der Waals surface area contributed by atoms with Gasteiger partial charge in [0.1, 0.15) is 15.9 Å². The Balaban J connectivity index is 1.58. The first-order chi connectivity index (χ1) is 11.3. The Kier molecular flexibility index (Phi) is 4.11. The minimum atomic E-state index is 0.809. The monoisotopic (exact) mass is 355 g/mol. The van der Waals surface area contributed by atoms with Crippen molar-refractivity contribution < 1.29 is 0 Å². The minimum absolute atomic E-state index is 0.809. The number of benzene rings is 1. The number of aryl methyl sites for hydroxylation is 1. The summed E-state index contributed by atoms with van der Waals surface area (Å²) in [5.41, 5.74) is 3.31. The molecule has 6 heteroatoms. The summed E-state index contributed by atoms with van der Waals surface area (Å²) >= 11 is 5.12. The molecule has 0 aliphatic rings.